The number of carbonyl (C=O) groups excluding carboxylic acids is 4. The third kappa shape index (κ3) is 10.8. The highest BCUT2D eigenvalue weighted by atomic mass is 19.1. The molecule has 4 rings (SSSR count). The molecule has 4 aliphatic rings. The number of nitrogens with zero attached hydrogens (tertiary/aromatic N) is 4. The number of piperidine rings is 1. The maximum atomic E-state index is 16.2. The van der Waals surface area contributed by atoms with Crippen LogP contribution < -0.4 is 0 Å². The van der Waals surface area contributed by atoms with Crippen molar-refractivity contribution in [2.24, 2.45) is 34.7 Å². The third-order valence-electron chi connectivity index (χ3n) is 12.8. The van der Waals surface area contributed by atoms with Gasteiger partial charge in [0.2, 0.25) is 5.79 Å². The van der Waals surface area contributed by atoms with Gasteiger partial charge in [-0.1, -0.05) is 51.0 Å². The molecule has 1 aliphatic carbocycles. The van der Waals surface area contributed by atoms with Gasteiger partial charge in [0.05, 0.1) is 24.4 Å². The average molecular weight is 817 g/mol. The summed E-state index contributed by atoms with van der Waals surface area (Å²) < 4.78 is 45.8. The molecule has 0 aromatic rings. The number of azide groups is 1. The molecule has 3 aliphatic heterocycles. The first-order valence-corrected chi connectivity index (χ1v) is 20.9. The standard InChI is InChI=1S/C43H65FN4O10/c1-10-30-20-25(3)37(44)26(4)21-35(55-8)39-36(56-9)22-28(6)43(53,58-39)40(50)41(51)48-18-12-11-13-32(48)42(52)57-38(24(2)14-17-33(30)49)27(5)19-29-15-16-31(46-47-45)34(23-29)54-7/h14,17,19-20,24,26,28-32,34-39,53H,10-13,15-16,18,21-23H2,1-9H3. The van der Waals surface area contributed by atoms with E-state index in [1.807, 2.05) is 26.8 Å². The van der Waals surface area contributed by atoms with E-state index < -0.39 is 83.7 Å². The van der Waals surface area contributed by atoms with Crippen LogP contribution in [-0.4, -0.2) is 116 Å². The molecule has 2 saturated heterocycles. The predicted octanol–water partition coefficient (Wildman–Crippen LogP) is 6.54. The summed E-state index contributed by atoms with van der Waals surface area (Å²) in [6.45, 7) is 10.6. The molecule has 3 heterocycles. The lowest BCUT2D eigenvalue weighted by molar-refractivity contribution is -0.302. The minimum atomic E-state index is -2.58. The van der Waals surface area contributed by atoms with Crippen molar-refractivity contribution in [2.75, 3.05) is 27.9 Å². The number of ketones is 2. The molecule has 14 nitrogen and oxygen atoms in total. The summed E-state index contributed by atoms with van der Waals surface area (Å²) >= 11 is 0. The molecule has 1 amide bonds. The van der Waals surface area contributed by atoms with E-state index >= 15 is 4.39 Å². The molecule has 1 saturated carbocycles. The van der Waals surface area contributed by atoms with Gasteiger partial charge >= 0.3 is 5.97 Å². The lowest BCUT2D eigenvalue weighted by atomic mass is 9.81. The number of fused-ring (bicyclic) bond motifs is 3. The van der Waals surface area contributed by atoms with Gasteiger partial charge in [0.25, 0.3) is 11.7 Å². The number of ether oxygens (including phenoxy) is 5. The quantitative estimate of drug-likeness (QED) is 0.0738. The van der Waals surface area contributed by atoms with Crippen molar-refractivity contribution in [1.82, 2.24) is 4.90 Å². The third-order valence-corrected chi connectivity index (χ3v) is 12.8. The van der Waals surface area contributed by atoms with Crippen molar-refractivity contribution < 1.29 is 52.4 Å². The van der Waals surface area contributed by atoms with Gasteiger partial charge in [0, 0.05) is 50.5 Å². The highest BCUT2D eigenvalue weighted by Gasteiger charge is 2.56. The van der Waals surface area contributed by atoms with Crippen molar-refractivity contribution in [3.63, 3.8) is 0 Å². The number of hydrogen-bond donors (Lipinski definition) is 1. The number of allylic oxidation sites excluding steroid dienone is 4. The minimum Gasteiger partial charge on any atom is -0.456 e. The number of amides is 1. The van der Waals surface area contributed by atoms with Crippen LogP contribution in [0.25, 0.3) is 10.4 Å². The number of halogens is 1. The van der Waals surface area contributed by atoms with Crippen LogP contribution in [-0.2, 0) is 42.9 Å². The van der Waals surface area contributed by atoms with E-state index in [1.165, 1.54) is 25.2 Å². The number of carbonyl (C=O) groups is 4. The lowest BCUT2D eigenvalue weighted by Gasteiger charge is -2.47. The topological polar surface area (TPSA) is 187 Å². The van der Waals surface area contributed by atoms with E-state index in [0.29, 0.717) is 49.7 Å². The molecule has 14 unspecified atom stereocenters. The first kappa shape index (κ1) is 47.2. The molecule has 14 atom stereocenters. The molecule has 58 heavy (non-hydrogen) atoms. The second-order valence-corrected chi connectivity index (χ2v) is 16.9. The Morgan fingerprint density at radius 1 is 1.03 bits per heavy atom. The molecule has 0 spiro atoms. The smallest absolute Gasteiger partial charge is 0.329 e. The SMILES string of the molecule is CCC1C=C(C)C(F)C(C)CC(OC)C2OC(O)(C(=O)C(=O)N3CCCCC3C(=O)OC(C(C)=CC3CCC(N=[N+]=[N-])C(OC)C3)C(C)C=CC1=O)C(C)CC2OC. The monoisotopic (exact) mass is 816 g/mol. The highest BCUT2D eigenvalue weighted by Crippen LogP contribution is 2.39. The van der Waals surface area contributed by atoms with Crippen LogP contribution in [0.3, 0.4) is 0 Å². The maximum Gasteiger partial charge on any atom is 0.329 e. The van der Waals surface area contributed by atoms with Gasteiger partial charge in [-0.05, 0) is 106 Å². The van der Waals surface area contributed by atoms with E-state index in [2.05, 4.69) is 10.0 Å². The van der Waals surface area contributed by atoms with Crippen molar-refractivity contribution in [3.8, 4) is 0 Å². The molecule has 0 aromatic heterocycles. The number of esters is 1. The molecule has 3 fully saturated rings. The molecule has 1 N–H and O–H groups in total. The van der Waals surface area contributed by atoms with E-state index in [1.54, 1.807) is 40.0 Å². The number of rotatable bonds is 7. The number of aliphatic hydroxyl groups is 1. The van der Waals surface area contributed by atoms with Gasteiger partial charge in [-0.25, -0.2) is 9.18 Å². The summed E-state index contributed by atoms with van der Waals surface area (Å²) in [5.74, 6) is -8.45. The number of hydrogen-bond acceptors (Lipinski definition) is 11. The van der Waals surface area contributed by atoms with Crippen LogP contribution in [0, 0.1) is 29.6 Å². The summed E-state index contributed by atoms with van der Waals surface area (Å²) in [5, 5.41) is 15.9. The zero-order chi connectivity index (χ0) is 42.9. The van der Waals surface area contributed by atoms with Crippen LogP contribution in [0.5, 0.6) is 0 Å². The van der Waals surface area contributed by atoms with Gasteiger partial charge in [0.15, 0.2) is 5.78 Å². The Morgan fingerprint density at radius 3 is 2.34 bits per heavy atom. The van der Waals surface area contributed by atoms with Crippen LogP contribution in [0.4, 0.5) is 4.39 Å². The average Bonchev–Trinajstić information content (AvgIpc) is 3.22. The largest absolute Gasteiger partial charge is 0.456 e. The van der Waals surface area contributed by atoms with E-state index in [4.69, 9.17) is 29.2 Å². The van der Waals surface area contributed by atoms with Gasteiger partial charge in [-0.3, -0.25) is 14.4 Å². The van der Waals surface area contributed by atoms with Crippen molar-refractivity contribution in [1.29, 1.82) is 0 Å². The van der Waals surface area contributed by atoms with Crippen LogP contribution in [0.15, 0.2) is 40.6 Å². The van der Waals surface area contributed by atoms with Gasteiger partial charge in [0.1, 0.15) is 24.4 Å². The summed E-state index contributed by atoms with van der Waals surface area (Å²) in [7, 11) is 4.47. The Kier molecular flexibility index (Phi) is 17.2. The predicted molar refractivity (Wildman–Crippen MR) is 214 cm³/mol. The molecule has 2 bridgehead atoms. The number of alkyl halides is 1. The second kappa shape index (κ2) is 21.2. The summed E-state index contributed by atoms with van der Waals surface area (Å²) in [6.07, 6.45) is 5.55. The van der Waals surface area contributed by atoms with E-state index in [9.17, 15) is 24.3 Å². The molecular formula is C43H65FN4O10. The summed E-state index contributed by atoms with van der Waals surface area (Å²) in [6, 6.07) is -1.42. The molecule has 0 aromatic carbocycles. The second-order valence-electron chi connectivity index (χ2n) is 16.9. The van der Waals surface area contributed by atoms with Crippen LogP contribution in [0.2, 0.25) is 0 Å². The lowest BCUT2D eigenvalue weighted by Crippen LogP contribution is -2.64. The maximum absolute atomic E-state index is 16.2. The van der Waals surface area contributed by atoms with Crippen LogP contribution >= 0.6 is 0 Å². The molecule has 324 valence electrons. The van der Waals surface area contributed by atoms with Gasteiger partial charge in [-0.2, -0.15) is 0 Å². The summed E-state index contributed by atoms with van der Waals surface area (Å²) in [5.41, 5.74) is 10.1. The van der Waals surface area contributed by atoms with Gasteiger partial charge in [-0.15, -0.1) is 0 Å². The number of Topliss-reactive ketones (excluding diaryl/α,β-unsaturated/α-hetero) is 1. The van der Waals surface area contributed by atoms with E-state index in [0.717, 1.165) is 0 Å². The van der Waals surface area contributed by atoms with Crippen molar-refractivity contribution in [2.45, 2.75) is 154 Å². The minimum absolute atomic E-state index is 0.00760. The number of cyclic esters (lactones) is 1. The Labute approximate surface area is 342 Å². The summed E-state index contributed by atoms with van der Waals surface area (Å²) in [4.78, 5) is 60.5. The van der Waals surface area contributed by atoms with Gasteiger partial charge < -0.3 is 33.7 Å². The zero-order valence-electron chi connectivity index (χ0n) is 35.7. The first-order chi connectivity index (χ1) is 27.5. The fourth-order valence-corrected chi connectivity index (χ4v) is 9.18. The Morgan fingerprint density at radius 2 is 1.71 bits per heavy atom. The Bertz CT molecular complexity index is 1610. The normalized spacial score (nSPS) is 39.2. The molecule has 0 radical (unpaired) electrons. The highest BCUT2D eigenvalue weighted by molar-refractivity contribution is 6.39. The zero-order valence-corrected chi connectivity index (χ0v) is 35.7. The Hall–Kier alpha value is -3.46. The van der Waals surface area contributed by atoms with Crippen LogP contribution in [0.1, 0.15) is 99.3 Å². The van der Waals surface area contributed by atoms with Crippen molar-refractivity contribution in [3.05, 3.63) is 45.9 Å². The Balaban J connectivity index is 1.78. The number of methoxy groups -OCH3 is 3. The molecule has 15 heteroatoms. The fourth-order valence-electron chi connectivity index (χ4n) is 9.18. The van der Waals surface area contributed by atoms with E-state index in [-0.39, 0.29) is 49.7 Å². The molecular weight excluding hydrogens is 751 g/mol. The fraction of sp³-hybridized carbons (Fsp3) is 0.767. The van der Waals surface area contributed by atoms with Crippen molar-refractivity contribution >= 4 is 23.4 Å². The first-order valence-electron chi connectivity index (χ1n) is 20.9.